The molecule has 0 bridgehead atoms. The van der Waals surface area contributed by atoms with Crippen LogP contribution in [0.2, 0.25) is 0 Å². The number of aliphatic carboxylic acids is 1. The summed E-state index contributed by atoms with van der Waals surface area (Å²) in [5.74, 6) is -2.13. The molecular formula is C18H31N3O7. The van der Waals surface area contributed by atoms with Gasteiger partial charge in [-0.05, 0) is 19.3 Å². The second-order valence-electron chi connectivity index (χ2n) is 6.68. The summed E-state index contributed by atoms with van der Waals surface area (Å²) in [6, 6.07) is -1.39. The fraction of sp³-hybridized carbons (Fsp3) is 0.722. The van der Waals surface area contributed by atoms with E-state index in [0.29, 0.717) is 12.7 Å². The smallest absolute Gasteiger partial charge is 0.305 e. The van der Waals surface area contributed by atoms with E-state index in [4.69, 9.17) is 9.84 Å². The van der Waals surface area contributed by atoms with E-state index in [1.165, 1.54) is 0 Å². The first-order valence-electron chi connectivity index (χ1n) is 9.28. The number of nitrogens with one attached hydrogen (secondary N) is 3. The topological polar surface area (TPSA) is 151 Å². The maximum absolute atomic E-state index is 12.1. The minimum Gasteiger partial charge on any atom is -0.481 e. The highest BCUT2D eigenvalue weighted by atomic mass is 16.5. The summed E-state index contributed by atoms with van der Waals surface area (Å²) in [6.45, 7) is 5.66. The van der Waals surface area contributed by atoms with Crippen LogP contribution in [0, 0.1) is 5.92 Å². The molecule has 2 unspecified atom stereocenters. The van der Waals surface area contributed by atoms with Crippen LogP contribution >= 0.6 is 0 Å². The number of carboxylic acids is 1. The number of hydrogen-bond acceptors (Lipinski definition) is 6. The quantitative estimate of drug-likeness (QED) is 0.215. The van der Waals surface area contributed by atoms with Crippen LogP contribution in [-0.2, 0) is 28.7 Å². The lowest BCUT2D eigenvalue weighted by molar-refractivity contribution is -0.138. The number of ether oxygens (including phenoxy) is 1. The van der Waals surface area contributed by atoms with Crippen molar-refractivity contribution in [3.8, 4) is 0 Å². The highest BCUT2D eigenvalue weighted by molar-refractivity contribution is 5.89. The van der Waals surface area contributed by atoms with Crippen molar-refractivity contribution in [2.45, 2.75) is 58.5 Å². The highest BCUT2D eigenvalue weighted by Crippen LogP contribution is 2.04. The van der Waals surface area contributed by atoms with Crippen molar-refractivity contribution in [3.63, 3.8) is 0 Å². The maximum Gasteiger partial charge on any atom is 0.305 e. The summed E-state index contributed by atoms with van der Waals surface area (Å²) in [4.78, 5) is 56.7. The molecule has 3 amide bonds. The Morgan fingerprint density at radius 1 is 0.964 bits per heavy atom. The molecule has 0 radical (unpaired) electrons. The fourth-order valence-electron chi connectivity index (χ4n) is 2.15. The molecule has 0 rings (SSSR count). The minimum absolute atomic E-state index is 0.0849. The Morgan fingerprint density at radius 3 is 2.18 bits per heavy atom. The molecule has 0 saturated carbocycles. The molecule has 10 heteroatoms. The van der Waals surface area contributed by atoms with Crippen molar-refractivity contribution in [1.82, 2.24) is 16.0 Å². The van der Waals surface area contributed by atoms with Crippen LogP contribution in [0.3, 0.4) is 0 Å². The van der Waals surface area contributed by atoms with Gasteiger partial charge in [-0.15, -0.1) is 0 Å². The summed E-state index contributed by atoms with van der Waals surface area (Å²) in [7, 11) is 0. The molecule has 4 N–H and O–H groups in total. The molecule has 0 spiro atoms. The summed E-state index contributed by atoms with van der Waals surface area (Å²) >= 11 is 0. The Kier molecular flexibility index (Phi) is 13.3. The third-order valence-electron chi connectivity index (χ3n) is 3.68. The third kappa shape index (κ3) is 12.8. The molecule has 10 nitrogen and oxygen atoms in total. The predicted octanol–water partition coefficient (Wildman–Crippen LogP) is -0.391. The zero-order chi connectivity index (χ0) is 21.5. The predicted molar refractivity (Wildman–Crippen MR) is 100 cm³/mol. The Bertz CT molecular complexity index is 537. The minimum atomic E-state index is -0.947. The van der Waals surface area contributed by atoms with Crippen molar-refractivity contribution in [2.75, 3.05) is 19.8 Å². The second kappa shape index (κ2) is 14.6. The maximum atomic E-state index is 12.1. The molecule has 0 heterocycles. The van der Waals surface area contributed by atoms with Gasteiger partial charge in [0.1, 0.15) is 12.3 Å². The van der Waals surface area contributed by atoms with Gasteiger partial charge in [-0.3, -0.25) is 19.2 Å². The van der Waals surface area contributed by atoms with Gasteiger partial charge in [0.2, 0.25) is 17.7 Å². The molecule has 28 heavy (non-hydrogen) atoms. The van der Waals surface area contributed by atoms with Crippen LogP contribution in [0.15, 0.2) is 0 Å². The van der Waals surface area contributed by atoms with Gasteiger partial charge in [-0.25, -0.2) is 0 Å². The van der Waals surface area contributed by atoms with Crippen molar-refractivity contribution in [2.24, 2.45) is 5.92 Å². The summed E-state index contributed by atoms with van der Waals surface area (Å²) < 4.78 is 5.04. The lowest BCUT2D eigenvalue weighted by atomic mass is 10.0. The number of carboxylic acid groups (broad SMARTS) is 1. The summed E-state index contributed by atoms with van der Waals surface area (Å²) in [5.41, 5.74) is 0. The Hall–Kier alpha value is -2.49. The van der Waals surface area contributed by atoms with Crippen LogP contribution in [0.25, 0.3) is 0 Å². The molecule has 0 aliphatic rings. The largest absolute Gasteiger partial charge is 0.481 e. The second-order valence-corrected chi connectivity index (χ2v) is 6.68. The lowest BCUT2D eigenvalue weighted by Crippen LogP contribution is -2.51. The first-order valence-corrected chi connectivity index (χ1v) is 9.28. The van der Waals surface area contributed by atoms with Crippen molar-refractivity contribution in [1.29, 1.82) is 0 Å². The fourth-order valence-corrected chi connectivity index (χ4v) is 2.15. The lowest BCUT2D eigenvalue weighted by Gasteiger charge is -2.22. The number of carbonyl (C=O) groups is 5. The van der Waals surface area contributed by atoms with Gasteiger partial charge in [-0.2, -0.15) is 0 Å². The van der Waals surface area contributed by atoms with Gasteiger partial charge in [0.15, 0.2) is 0 Å². The van der Waals surface area contributed by atoms with Gasteiger partial charge in [0.25, 0.3) is 0 Å². The van der Waals surface area contributed by atoms with Gasteiger partial charge in [0.05, 0.1) is 25.7 Å². The van der Waals surface area contributed by atoms with Crippen LogP contribution in [-0.4, -0.2) is 66.9 Å². The van der Waals surface area contributed by atoms with E-state index < -0.39 is 24.0 Å². The van der Waals surface area contributed by atoms with Crippen molar-refractivity contribution in [3.05, 3.63) is 0 Å². The highest BCUT2D eigenvalue weighted by Gasteiger charge is 2.24. The van der Waals surface area contributed by atoms with Crippen molar-refractivity contribution >= 4 is 30.0 Å². The Balaban J connectivity index is 4.05. The van der Waals surface area contributed by atoms with E-state index >= 15 is 0 Å². The van der Waals surface area contributed by atoms with Crippen LogP contribution in [0.5, 0.6) is 0 Å². The molecule has 160 valence electrons. The zero-order valence-corrected chi connectivity index (χ0v) is 16.7. The van der Waals surface area contributed by atoms with Crippen LogP contribution in [0.4, 0.5) is 0 Å². The van der Waals surface area contributed by atoms with E-state index in [1.807, 2.05) is 0 Å². The number of rotatable bonds is 15. The Labute approximate surface area is 164 Å². The average Bonchev–Trinajstić information content (AvgIpc) is 2.61. The molecular weight excluding hydrogens is 370 g/mol. The molecule has 0 aromatic heterocycles. The monoisotopic (exact) mass is 401 g/mol. The standard InChI is InChI=1S/C18H31N3O7/c1-12(2)17(18(27)20-13(3)11-22)21-15(24)6-4-5-14(23)19-8-10-28-9-7-16(25)26/h11-13,17H,4-10H2,1-3H3,(H,19,23)(H,20,27)(H,21,24)(H,25,26). The zero-order valence-electron chi connectivity index (χ0n) is 16.7. The molecule has 0 fully saturated rings. The van der Waals surface area contributed by atoms with Gasteiger partial charge in [0, 0.05) is 19.4 Å². The summed E-state index contributed by atoms with van der Waals surface area (Å²) in [5, 5.41) is 16.2. The average molecular weight is 401 g/mol. The first-order chi connectivity index (χ1) is 13.2. The van der Waals surface area contributed by atoms with Crippen molar-refractivity contribution < 1.29 is 33.8 Å². The van der Waals surface area contributed by atoms with Crippen LogP contribution in [0.1, 0.15) is 46.5 Å². The molecule has 0 aliphatic heterocycles. The third-order valence-corrected chi connectivity index (χ3v) is 3.68. The molecule has 0 aromatic rings. The molecule has 0 saturated heterocycles. The normalized spacial score (nSPS) is 12.7. The van der Waals surface area contributed by atoms with E-state index in [9.17, 15) is 24.0 Å². The van der Waals surface area contributed by atoms with E-state index in [2.05, 4.69) is 16.0 Å². The van der Waals surface area contributed by atoms with E-state index in [0.717, 1.165) is 0 Å². The van der Waals surface area contributed by atoms with Gasteiger partial charge < -0.3 is 30.6 Å². The Morgan fingerprint density at radius 2 is 1.61 bits per heavy atom. The van der Waals surface area contributed by atoms with E-state index in [1.54, 1.807) is 20.8 Å². The van der Waals surface area contributed by atoms with Gasteiger partial charge in [-0.1, -0.05) is 13.8 Å². The molecule has 0 aliphatic carbocycles. The molecule has 2 atom stereocenters. The number of carbonyl (C=O) groups excluding carboxylic acids is 4. The van der Waals surface area contributed by atoms with Crippen LogP contribution < -0.4 is 16.0 Å². The first kappa shape index (κ1) is 25.5. The van der Waals surface area contributed by atoms with Gasteiger partial charge >= 0.3 is 5.97 Å². The summed E-state index contributed by atoms with van der Waals surface area (Å²) in [6.07, 6.45) is 1.06. The number of aldehydes is 1. The number of amides is 3. The molecule has 0 aromatic carbocycles. The number of hydrogen-bond donors (Lipinski definition) is 4. The SMILES string of the molecule is CC(C=O)NC(=O)C(NC(=O)CCCC(=O)NCCOCCC(=O)O)C(C)C. The van der Waals surface area contributed by atoms with E-state index in [-0.39, 0.29) is 56.8 Å².